The molecule has 0 saturated heterocycles. The van der Waals surface area contributed by atoms with Crippen LogP contribution in [0.25, 0.3) is 0 Å². The summed E-state index contributed by atoms with van der Waals surface area (Å²) in [7, 11) is 0. The number of alkyl halides is 1. The second kappa shape index (κ2) is 3.82. The fourth-order valence-electron chi connectivity index (χ4n) is 0.407. The van der Waals surface area contributed by atoms with Crippen molar-refractivity contribution >= 4 is 0 Å². The maximum absolute atomic E-state index is 11.8. The summed E-state index contributed by atoms with van der Waals surface area (Å²) < 4.78 is 11.8. The Labute approximate surface area is 57.5 Å². The number of halogens is 1. The Kier molecular flexibility index (Phi) is 3.73. The summed E-state index contributed by atoms with van der Waals surface area (Å²) in [5, 5.41) is 34.1. The maximum atomic E-state index is 11.8. The first-order valence-corrected chi connectivity index (χ1v) is 2.79. The molecule has 0 aliphatic rings. The normalized spacial score (nSPS) is 20.1. The largest absolute Gasteiger partial charge is 0.394 e. The lowest BCUT2D eigenvalue weighted by Gasteiger charge is -2.26. The van der Waals surface area contributed by atoms with Crippen LogP contribution in [0.15, 0.2) is 0 Å². The van der Waals surface area contributed by atoms with Gasteiger partial charge in [0, 0.05) is 0 Å². The molecule has 10 heavy (non-hydrogen) atoms. The Bertz CT molecular complexity index is 93.6. The molecule has 0 aliphatic carbocycles. The number of hydrogen-bond acceptors (Lipinski definition) is 4. The second-order valence-corrected chi connectivity index (χ2v) is 2.09. The highest BCUT2D eigenvalue weighted by Gasteiger charge is 2.34. The highest BCUT2D eigenvalue weighted by atomic mass is 19.1. The third kappa shape index (κ3) is 1.88. The number of hydrogen-bond donors (Lipinski definition) is 4. The van der Waals surface area contributed by atoms with Gasteiger partial charge in [-0.25, -0.2) is 4.39 Å². The van der Waals surface area contributed by atoms with E-state index in [0.29, 0.717) is 0 Å². The second-order valence-electron chi connectivity index (χ2n) is 2.09. The van der Waals surface area contributed by atoms with Crippen LogP contribution in [-0.4, -0.2) is 52.0 Å². The fraction of sp³-hybridized carbons (Fsp3) is 1.00. The Morgan fingerprint density at radius 1 is 1.40 bits per heavy atom. The van der Waals surface area contributed by atoms with Crippen LogP contribution in [0.3, 0.4) is 0 Å². The van der Waals surface area contributed by atoms with E-state index in [4.69, 9.17) is 20.4 Å². The average molecular weight is 154 g/mol. The predicted molar refractivity (Wildman–Crippen MR) is 31.1 cm³/mol. The minimum absolute atomic E-state index is 0.777. The van der Waals surface area contributed by atoms with E-state index in [2.05, 4.69) is 0 Å². The molecule has 0 radical (unpaired) electrons. The Hall–Kier alpha value is -0.230. The minimum atomic E-state index is -2.21. The maximum Gasteiger partial charge on any atom is 0.144 e. The highest BCUT2D eigenvalue weighted by Crippen LogP contribution is 2.09. The fourth-order valence-corrected chi connectivity index (χ4v) is 0.407. The zero-order chi connectivity index (χ0) is 8.20. The van der Waals surface area contributed by atoms with Crippen LogP contribution in [0.4, 0.5) is 4.39 Å². The van der Waals surface area contributed by atoms with Crippen molar-refractivity contribution in [2.75, 3.05) is 19.9 Å². The molecule has 4 N–H and O–H groups in total. The van der Waals surface area contributed by atoms with Crippen molar-refractivity contribution in [2.24, 2.45) is 0 Å². The molecule has 0 aromatic carbocycles. The first kappa shape index (κ1) is 9.77. The zero-order valence-electron chi connectivity index (χ0n) is 5.37. The topological polar surface area (TPSA) is 80.9 Å². The Morgan fingerprint density at radius 3 is 2.00 bits per heavy atom. The minimum Gasteiger partial charge on any atom is -0.394 e. The van der Waals surface area contributed by atoms with Crippen molar-refractivity contribution in [3.63, 3.8) is 0 Å². The molecule has 0 heterocycles. The molecular weight excluding hydrogens is 143 g/mol. The van der Waals surface area contributed by atoms with Crippen LogP contribution >= 0.6 is 0 Å². The number of rotatable bonds is 4. The molecule has 5 heteroatoms. The van der Waals surface area contributed by atoms with Gasteiger partial charge in [-0.2, -0.15) is 0 Å². The lowest BCUT2D eigenvalue weighted by Crippen LogP contribution is -2.49. The van der Waals surface area contributed by atoms with Gasteiger partial charge in [0.15, 0.2) is 0 Å². The van der Waals surface area contributed by atoms with Gasteiger partial charge in [0.2, 0.25) is 0 Å². The molecule has 0 aromatic heterocycles. The van der Waals surface area contributed by atoms with E-state index in [-0.39, 0.29) is 0 Å². The molecule has 0 aliphatic heterocycles. The third-order valence-corrected chi connectivity index (χ3v) is 1.30. The average Bonchev–Trinajstić information content (AvgIpc) is 2.01. The quantitative estimate of drug-likeness (QED) is 0.379. The monoisotopic (exact) mass is 154 g/mol. The molecule has 0 fully saturated rings. The van der Waals surface area contributed by atoms with Gasteiger partial charge in [-0.15, -0.1) is 0 Å². The standard InChI is InChI=1S/C5H11FO4/c6-2-5(10,3-8)4(9)1-7/h4,7-10H,1-3H2. The van der Waals surface area contributed by atoms with Gasteiger partial charge in [-0.1, -0.05) is 0 Å². The lowest BCUT2D eigenvalue weighted by atomic mass is 10.0. The number of aliphatic hydroxyl groups excluding tert-OH is 3. The zero-order valence-corrected chi connectivity index (χ0v) is 5.37. The van der Waals surface area contributed by atoms with E-state index in [1.54, 1.807) is 0 Å². The summed E-state index contributed by atoms with van der Waals surface area (Å²) in [5.41, 5.74) is -2.21. The van der Waals surface area contributed by atoms with E-state index in [1.807, 2.05) is 0 Å². The molecule has 0 bridgehead atoms. The van der Waals surface area contributed by atoms with Crippen molar-refractivity contribution in [1.82, 2.24) is 0 Å². The summed E-state index contributed by atoms with van der Waals surface area (Å²) >= 11 is 0. The summed E-state index contributed by atoms with van der Waals surface area (Å²) in [4.78, 5) is 0. The van der Waals surface area contributed by atoms with Crippen LogP contribution in [0.5, 0.6) is 0 Å². The van der Waals surface area contributed by atoms with Crippen LogP contribution < -0.4 is 0 Å². The first-order chi connectivity index (χ1) is 4.60. The SMILES string of the molecule is OCC(O)C(O)(CO)CF. The summed E-state index contributed by atoms with van der Waals surface area (Å²) in [5.74, 6) is 0. The molecular formula is C5H11FO4. The smallest absolute Gasteiger partial charge is 0.144 e. The van der Waals surface area contributed by atoms with Gasteiger partial charge in [0.1, 0.15) is 18.4 Å². The van der Waals surface area contributed by atoms with Crippen molar-refractivity contribution < 1.29 is 24.8 Å². The first-order valence-electron chi connectivity index (χ1n) is 2.79. The van der Waals surface area contributed by atoms with E-state index < -0.39 is 31.6 Å². The van der Waals surface area contributed by atoms with Gasteiger partial charge in [0.05, 0.1) is 13.2 Å². The molecule has 0 aromatic rings. The predicted octanol–water partition coefficient (Wildman–Crippen LogP) is -1.97. The molecule has 0 amide bonds. The molecule has 2 unspecified atom stereocenters. The van der Waals surface area contributed by atoms with Crippen molar-refractivity contribution in [3.05, 3.63) is 0 Å². The summed E-state index contributed by atoms with van der Waals surface area (Å²) in [6, 6.07) is 0. The van der Waals surface area contributed by atoms with Crippen molar-refractivity contribution in [1.29, 1.82) is 0 Å². The summed E-state index contributed by atoms with van der Waals surface area (Å²) in [6.07, 6.45) is -1.64. The van der Waals surface area contributed by atoms with Gasteiger partial charge >= 0.3 is 0 Å². The molecule has 4 nitrogen and oxygen atoms in total. The van der Waals surface area contributed by atoms with Gasteiger partial charge < -0.3 is 20.4 Å². The molecule has 2 atom stereocenters. The lowest BCUT2D eigenvalue weighted by molar-refractivity contribution is -0.130. The van der Waals surface area contributed by atoms with E-state index in [1.165, 1.54) is 0 Å². The van der Waals surface area contributed by atoms with Crippen molar-refractivity contribution in [2.45, 2.75) is 11.7 Å². The highest BCUT2D eigenvalue weighted by molar-refractivity contribution is 4.84. The number of aliphatic hydroxyl groups is 4. The Balaban J connectivity index is 4.02. The van der Waals surface area contributed by atoms with E-state index in [0.717, 1.165) is 0 Å². The van der Waals surface area contributed by atoms with Crippen LogP contribution in [0.1, 0.15) is 0 Å². The molecule has 0 rings (SSSR count). The molecule has 0 saturated carbocycles. The van der Waals surface area contributed by atoms with Crippen LogP contribution in [0.2, 0.25) is 0 Å². The van der Waals surface area contributed by atoms with Crippen LogP contribution in [0, 0.1) is 0 Å². The van der Waals surface area contributed by atoms with Gasteiger partial charge in [-0.3, -0.25) is 0 Å². The molecule has 62 valence electrons. The van der Waals surface area contributed by atoms with E-state index in [9.17, 15) is 4.39 Å². The third-order valence-electron chi connectivity index (χ3n) is 1.30. The van der Waals surface area contributed by atoms with Crippen LogP contribution in [-0.2, 0) is 0 Å². The van der Waals surface area contributed by atoms with E-state index >= 15 is 0 Å². The molecule has 0 spiro atoms. The summed E-state index contributed by atoms with van der Waals surface area (Å²) in [6.45, 7) is -2.97. The van der Waals surface area contributed by atoms with Crippen molar-refractivity contribution in [3.8, 4) is 0 Å². The van der Waals surface area contributed by atoms with Gasteiger partial charge in [0.25, 0.3) is 0 Å². The Morgan fingerprint density at radius 2 is 1.90 bits per heavy atom. The van der Waals surface area contributed by atoms with Gasteiger partial charge in [-0.05, 0) is 0 Å².